The van der Waals surface area contributed by atoms with Crippen LogP contribution in [0.25, 0.3) is 0 Å². The molecule has 0 saturated carbocycles. The van der Waals surface area contributed by atoms with E-state index < -0.39 is 0 Å². The van der Waals surface area contributed by atoms with Crippen LogP contribution < -0.4 is 0 Å². The maximum atomic E-state index is 5.20. The van der Waals surface area contributed by atoms with E-state index in [0.717, 1.165) is 17.1 Å². The number of nitrogens with zero attached hydrogens (tertiary/aromatic N) is 4. The summed E-state index contributed by atoms with van der Waals surface area (Å²) in [6.45, 7) is 61.6. The van der Waals surface area contributed by atoms with Gasteiger partial charge in [-0.1, -0.05) is 170 Å². The van der Waals surface area contributed by atoms with Crippen LogP contribution in [0.3, 0.4) is 0 Å². The first-order valence-electron chi connectivity index (χ1n) is 26.9. The Balaban J connectivity index is 0.000000441. The van der Waals surface area contributed by atoms with Crippen molar-refractivity contribution in [1.29, 1.82) is 0 Å². The molecular formula is C69H104N4OS. The van der Waals surface area contributed by atoms with Crippen molar-refractivity contribution < 1.29 is 4.42 Å². The number of rotatable bonds is 0. The molecule has 6 aromatic heterocycles. The molecule has 0 unspecified atom stereocenters. The minimum absolute atomic E-state index is 0.156. The first-order chi connectivity index (χ1) is 34.1. The molecule has 5 nitrogen and oxygen atoms in total. The lowest BCUT2D eigenvalue weighted by molar-refractivity contribution is 0.409. The highest BCUT2D eigenvalue weighted by atomic mass is 32.1. The van der Waals surface area contributed by atoms with Crippen LogP contribution in [0, 0.1) is 48.5 Å². The van der Waals surface area contributed by atoms with Crippen LogP contribution in [0.1, 0.15) is 223 Å². The number of furan rings is 1. The molecule has 0 aliphatic rings. The number of aryl methyl sites for hydroxylation is 2. The molecule has 0 aliphatic carbocycles. The predicted molar refractivity (Wildman–Crippen MR) is 330 cm³/mol. The third kappa shape index (κ3) is 24.6. The Kier molecular flexibility index (Phi) is 26.0. The molecule has 1 aromatic carbocycles. The molecule has 0 N–H and O–H groups in total. The lowest BCUT2D eigenvalue weighted by Crippen LogP contribution is -2.17. The third-order valence-corrected chi connectivity index (χ3v) is 14.3. The van der Waals surface area contributed by atoms with Crippen molar-refractivity contribution in [2.24, 2.45) is 0 Å². The first kappa shape index (κ1) is 67.8. The fraction of sp³-hybridized carbons (Fsp3) is 0.507. The molecule has 75 heavy (non-hydrogen) atoms. The summed E-state index contributed by atoms with van der Waals surface area (Å²) in [5, 5.41) is 2.13. The molecule has 0 fully saturated rings. The van der Waals surface area contributed by atoms with Gasteiger partial charge in [-0.05, 0) is 185 Å². The maximum absolute atomic E-state index is 5.20. The Hall–Kier alpha value is -5.20. The molecule has 0 amide bonds. The summed E-state index contributed by atoms with van der Waals surface area (Å²) in [6.07, 6.45) is 12.9. The van der Waals surface area contributed by atoms with Crippen molar-refractivity contribution in [3.63, 3.8) is 0 Å². The SMILES string of the molecule is CC(C)(C)c1ccccn1.CC(C)(C)c1cccnc1.CC(C)(C)c1ccco1.CC(C)(C)c1cccs1.CC(C)(C)c1ccncc1.Cc1c(C)c(C)c(C(C)(C)C)c(C)c1C.Cc1cc(C(C)(C)C)cnc1C. The fourth-order valence-corrected chi connectivity index (χ4v) is 8.37. The zero-order valence-corrected chi connectivity index (χ0v) is 53.5. The average molecular weight is 1040 g/mol. The molecule has 6 heterocycles. The largest absolute Gasteiger partial charge is 0.469 e. The summed E-state index contributed by atoms with van der Waals surface area (Å²) in [4.78, 5) is 18.1. The monoisotopic (exact) mass is 1040 g/mol. The van der Waals surface area contributed by atoms with E-state index in [-0.39, 0.29) is 32.5 Å². The van der Waals surface area contributed by atoms with Crippen LogP contribution in [0.5, 0.6) is 0 Å². The Bertz CT molecular complexity index is 2460. The smallest absolute Gasteiger partial charge is 0.109 e. The molecule has 0 spiro atoms. The minimum Gasteiger partial charge on any atom is -0.469 e. The highest BCUT2D eigenvalue weighted by molar-refractivity contribution is 7.10. The van der Waals surface area contributed by atoms with Gasteiger partial charge >= 0.3 is 0 Å². The van der Waals surface area contributed by atoms with Gasteiger partial charge in [-0.3, -0.25) is 19.9 Å². The van der Waals surface area contributed by atoms with E-state index in [0.29, 0.717) is 5.41 Å². The molecule has 0 saturated heterocycles. The third-order valence-electron chi connectivity index (χ3n) is 13.0. The van der Waals surface area contributed by atoms with E-state index in [9.17, 15) is 0 Å². The van der Waals surface area contributed by atoms with Crippen molar-refractivity contribution >= 4 is 11.3 Å². The Morgan fingerprint density at radius 2 is 0.920 bits per heavy atom. The fourth-order valence-electron chi connectivity index (χ4n) is 7.55. The van der Waals surface area contributed by atoms with Gasteiger partial charge in [0.25, 0.3) is 0 Å². The highest BCUT2D eigenvalue weighted by Gasteiger charge is 2.23. The summed E-state index contributed by atoms with van der Waals surface area (Å²) in [5.74, 6) is 1.04. The van der Waals surface area contributed by atoms with Gasteiger partial charge in [0, 0.05) is 64.3 Å². The van der Waals surface area contributed by atoms with Crippen molar-refractivity contribution in [3.8, 4) is 0 Å². The summed E-state index contributed by atoms with van der Waals surface area (Å²) >= 11 is 1.83. The molecule has 0 radical (unpaired) electrons. The van der Waals surface area contributed by atoms with E-state index >= 15 is 0 Å². The number of hydrogen-bond donors (Lipinski definition) is 0. The van der Waals surface area contributed by atoms with Gasteiger partial charge in [0.2, 0.25) is 0 Å². The summed E-state index contributed by atoms with van der Waals surface area (Å²) in [6, 6.07) is 24.6. The molecule has 6 heteroatoms. The number of pyridine rings is 4. The predicted octanol–water partition coefficient (Wildman–Crippen LogP) is 20.3. The Morgan fingerprint density at radius 1 is 0.387 bits per heavy atom. The number of hydrogen-bond acceptors (Lipinski definition) is 6. The van der Waals surface area contributed by atoms with Crippen LogP contribution >= 0.6 is 11.3 Å². The molecule has 0 bridgehead atoms. The van der Waals surface area contributed by atoms with Crippen molar-refractivity contribution in [1.82, 2.24) is 19.9 Å². The van der Waals surface area contributed by atoms with Gasteiger partial charge in [0.1, 0.15) is 5.76 Å². The van der Waals surface area contributed by atoms with Crippen LogP contribution in [-0.4, -0.2) is 19.9 Å². The van der Waals surface area contributed by atoms with Gasteiger partial charge < -0.3 is 4.42 Å². The van der Waals surface area contributed by atoms with Gasteiger partial charge in [-0.25, -0.2) is 0 Å². The first-order valence-corrected chi connectivity index (χ1v) is 27.8. The number of aromatic nitrogens is 4. The second kappa shape index (κ2) is 28.8. The molecular weight excluding hydrogens is 933 g/mol. The standard InChI is InChI=1S/C15H24.C11H17N.3C9H13N.C8H12O.C8H12S/c1-9-10(2)12(4)14(15(6,7)8)13(5)11(9)3;1-8-6-10(11(3,4)5)7-12-9(8)2;1-9(2,3)8-4-6-10-7-5-8;1-9(2,3)8-5-4-6-10-7-8;1-9(2,3)8-6-4-5-7-10-8;2*1-8(2,3)7-5-4-6-9-7/h1-8H3;6-7H,1-5H3;3*4-7H,1-3H3;2*4-6H,1-3H3. The molecule has 7 aromatic rings. The van der Waals surface area contributed by atoms with Gasteiger partial charge in [-0.15, -0.1) is 11.3 Å². The van der Waals surface area contributed by atoms with Crippen molar-refractivity contribution in [2.75, 3.05) is 0 Å². The van der Waals surface area contributed by atoms with Crippen molar-refractivity contribution in [2.45, 2.75) is 232 Å². The van der Waals surface area contributed by atoms with E-state index in [1.807, 2.05) is 79.6 Å². The zero-order valence-electron chi connectivity index (χ0n) is 52.7. The lowest BCUT2D eigenvalue weighted by Gasteiger charge is -2.28. The van der Waals surface area contributed by atoms with E-state index in [1.54, 1.807) is 12.5 Å². The van der Waals surface area contributed by atoms with Crippen LogP contribution in [0.4, 0.5) is 0 Å². The highest BCUT2D eigenvalue weighted by Crippen LogP contribution is 2.35. The van der Waals surface area contributed by atoms with Crippen molar-refractivity contribution in [3.05, 3.63) is 199 Å². The lowest BCUT2D eigenvalue weighted by atomic mass is 9.77. The molecule has 7 rings (SSSR count). The van der Waals surface area contributed by atoms with E-state index in [4.69, 9.17) is 4.42 Å². The van der Waals surface area contributed by atoms with Crippen LogP contribution in [-0.2, 0) is 37.9 Å². The van der Waals surface area contributed by atoms with E-state index in [1.165, 1.54) is 60.5 Å². The van der Waals surface area contributed by atoms with Gasteiger partial charge in [0.15, 0.2) is 0 Å². The van der Waals surface area contributed by atoms with Gasteiger partial charge in [-0.2, -0.15) is 0 Å². The topological polar surface area (TPSA) is 64.7 Å². The average Bonchev–Trinajstić information content (AvgIpc) is 4.07. The Labute approximate surface area is 464 Å². The maximum Gasteiger partial charge on any atom is 0.109 e. The van der Waals surface area contributed by atoms with Crippen LogP contribution in [0.2, 0.25) is 0 Å². The molecule has 412 valence electrons. The second-order valence-corrected chi connectivity index (χ2v) is 28.0. The summed E-state index contributed by atoms with van der Waals surface area (Å²) < 4.78 is 5.20. The normalized spacial score (nSPS) is 11.7. The summed E-state index contributed by atoms with van der Waals surface area (Å²) in [5.41, 5.74) is 18.0. The van der Waals surface area contributed by atoms with Gasteiger partial charge in [0.05, 0.1) is 6.26 Å². The van der Waals surface area contributed by atoms with Crippen LogP contribution in [0.15, 0.2) is 126 Å². The minimum atomic E-state index is 0.156. The number of benzene rings is 1. The summed E-state index contributed by atoms with van der Waals surface area (Å²) in [7, 11) is 0. The quantitative estimate of drug-likeness (QED) is 0.151. The molecule has 0 aliphatic heterocycles. The number of thiophene rings is 1. The molecule has 0 atom stereocenters. The zero-order chi connectivity index (χ0) is 58.0. The second-order valence-electron chi connectivity index (χ2n) is 27.0. The Morgan fingerprint density at radius 3 is 1.21 bits per heavy atom. The van der Waals surface area contributed by atoms with E-state index in [2.05, 4.69) is 255 Å².